The molecular weight excluding hydrogens is 452 g/mol. The fourth-order valence-corrected chi connectivity index (χ4v) is 4.67. The minimum Gasteiger partial charge on any atom is -0.345 e. The Morgan fingerprint density at radius 3 is 2.56 bits per heavy atom. The number of carbonyl (C=O) groups excluding carboxylic acids is 3. The first kappa shape index (κ1) is 24.1. The molecule has 0 aromatic carbocycles. The molecule has 10 heteroatoms. The van der Waals surface area contributed by atoms with E-state index in [2.05, 4.69) is 31.0 Å². The van der Waals surface area contributed by atoms with Gasteiger partial charge in [-0.05, 0) is 62.5 Å². The van der Waals surface area contributed by atoms with Crippen molar-refractivity contribution < 1.29 is 14.4 Å². The van der Waals surface area contributed by atoms with Crippen molar-refractivity contribution in [1.29, 1.82) is 0 Å². The molecule has 3 amide bonds. The van der Waals surface area contributed by atoms with E-state index in [0.717, 1.165) is 23.2 Å². The molecule has 2 aromatic rings. The number of aryl methyl sites for hydroxylation is 1. The highest BCUT2D eigenvalue weighted by Gasteiger charge is 2.35. The van der Waals surface area contributed by atoms with Crippen LogP contribution in [0.15, 0.2) is 23.8 Å². The van der Waals surface area contributed by atoms with E-state index < -0.39 is 17.9 Å². The Bertz CT molecular complexity index is 1050. The van der Waals surface area contributed by atoms with E-state index in [1.54, 1.807) is 24.6 Å². The summed E-state index contributed by atoms with van der Waals surface area (Å²) in [5.41, 5.74) is 6.37. The summed E-state index contributed by atoms with van der Waals surface area (Å²) < 4.78 is 0. The molecule has 0 spiro atoms. The van der Waals surface area contributed by atoms with Crippen LogP contribution in [-0.2, 0) is 4.79 Å². The second-order valence-electron chi connectivity index (χ2n) is 9.63. The molecule has 2 saturated carbocycles. The van der Waals surface area contributed by atoms with Gasteiger partial charge in [0, 0.05) is 35.9 Å². The van der Waals surface area contributed by atoms with E-state index in [-0.39, 0.29) is 17.5 Å². The zero-order valence-corrected chi connectivity index (χ0v) is 20.7. The molecule has 0 saturated heterocycles. The maximum Gasteiger partial charge on any atom is 0.289 e. The third kappa shape index (κ3) is 6.31. The van der Waals surface area contributed by atoms with Gasteiger partial charge in [0.25, 0.3) is 17.7 Å². The molecular formula is C24H32N6O3S. The first-order chi connectivity index (χ1) is 16.3. The van der Waals surface area contributed by atoms with Gasteiger partial charge in [0.1, 0.15) is 11.7 Å². The molecule has 2 aliphatic rings. The number of nitrogens with one attached hydrogen (secondary N) is 3. The lowest BCUT2D eigenvalue weighted by molar-refractivity contribution is -0.124. The largest absolute Gasteiger partial charge is 0.345 e. The van der Waals surface area contributed by atoms with Crippen LogP contribution in [0.25, 0.3) is 0 Å². The van der Waals surface area contributed by atoms with Crippen molar-refractivity contribution in [3.63, 3.8) is 0 Å². The van der Waals surface area contributed by atoms with Crippen molar-refractivity contribution in [3.05, 3.63) is 40.7 Å². The van der Waals surface area contributed by atoms with Gasteiger partial charge in [-0.25, -0.2) is 4.98 Å². The second-order valence-corrected chi connectivity index (χ2v) is 10.5. The first-order valence-corrected chi connectivity index (χ1v) is 12.7. The smallest absolute Gasteiger partial charge is 0.289 e. The Morgan fingerprint density at radius 2 is 1.91 bits per heavy atom. The third-order valence-electron chi connectivity index (χ3n) is 6.00. The number of hydrogen-bond donors (Lipinski definition) is 3. The van der Waals surface area contributed by atoms with Crippen LogP contribution in [-0.4, -0.2) is 46.3 Å². The molecule has 0 aliphatic heterocycles. The molecule has 34 heavy (non-hydrogen) atoms. The van der Waals surface area contributed by atoms with Crippen LogP contribution in [0.2, 0.25) is 0 Å². The summed E-state index contributed by atoms with van der Waals surface area (Å²) >= 11 is 1.46. The van der Waals surface area contributed by atoms with Crippen molar-refractivity contribution in [1.82, 2.24) is 26.1 Å². The number of amides is 3. The van der Waals surface area contributed by atoms with Crippen LogP contribution in [0.3, 0.4) is 0 Å². The molecule has 2 fully saturated rings. The highest BCUT2D eigenvalue weighted by atomic mass is 32.1. The summed E-state index contributed by atoms with van der Waals surface area (Å²) in [6.07, 6.45) is 8.44. The molecule has 2 aliphatic carbocycles. The molecule has 4 rings (SSSR count). The van der Waals surface area contributed by atoms with E-state index in [1.165, 1.54) is 43.2 Å². The van der Waals surface area contributed by atoms with Gasteiger partial charge in [0.2, 0.25) is 0 Å². The van der Waals surface area contributed by atoms with Crippen LogP contribution in [0.4, 0.5) is 5.13 Å². The first-order valence-electron chi connectivity index (χ1n) is 11.9. The molecule has 182 valence electrons. The standard InChI is InChI=1S/C24H32N6O3S/c1-14(2)10-19(26-21(31)18-8-9-25-11-15(18)3)22(32)28-29-23(33)20-13-34-24(27-20)30(17-6-7-17)12-16-4-5-16/h8-9,11,13-14,16-17,19H,4-7,10,12H2,1-3H3,(H,26,31)(H,28,32)(H,29,33)/t19-/m0/s1. The van der Waals surface area contributed by atoms with E-state index in [9.17, 15) is 14.4 Å². The number of hydrogen-bond acceptors (Lipinski definition) is 7. The number of carbonyl (C=O) groups is 3. The monoisotopic (exact) mass is 484 g/mol. The molecule has 3 N–H and O–H groups in total. The molecule has 9 nitrogen and oxygen atoms in total. The number of rotatable bonds is 10. The van der Waals surface area contributed by atoms with Crippen LogP contribution in [0.1, 0.15) is 72.4 Å². The average Bonchev–Trinajstić information content (AvgIpc) is 3.73. The van der Waals surface area contributed by atoms with Crippen LogP contribution in [0, 0.1) is 18.8 Å². The molecule has 2 heterocycles. The third-order valence-corrected chi connectivity index (χ3v) is 6.88. The number of anilines is 1. The SMILES string of the molecule is Cc1cnccc1C(=O)N[C@@H](CC(C)C)C(=O)NNC(=O)c1csc(N(CC2CC2)C2CC2)n1. The molecule has 2 aromatic heterocycles. The number of nitrogens with zero attached hydrogens (tertiary/aromatic N) is 3. The lowest BCUT2D eigenvalue weighted by Gasteiger charge is -2.21. The normalized spacial score (nSPS) is 16.1. The van der Waals surface area contributed by atoms with Gasteiger partial charge in [-0.2, -0.15) is 0 Å². The van der Waals surface area contributed by atoms with Gasteiger partial charge in [0.15, 0.2) is 5.13 Å². The lowest BCUT2D eigenvalue weighted by Crippen LogP contribution is -2.52. The minimum absolute atomic E-state index is 0.159. The summed E-state index contributed by atoms with van der Waals surface area (Å²) in [4.78, 5) is 49.0. The molecule has 0 bridgehead atoms. The second kappa shape index (κ2) is 10.5. The predicted octanol–water partition coefficient (Wildman–Crippen LogP) is 2.83. The number of hydrazine groups is 1. The van der Waals surface area contributed by atoms with Crippen molar-refractivity contribution >= 4 is 34.2 Å². The Kier molecular flexibility index (Phi) is 7.45. The zero-order valence-electron chi connectivity index (χ0n) is 19.8. The number of aromatic nitrogens is 2. The maximum absolute atomic E-state index is 12.8. The van der Waals surface area contributed by atoms with Crippen LogP contribution < -0.4 is 21.1 Å². The van der Waals surface area contributed by atoms with Crippen LogP contribution >= 0.6 is 11.3 Å². The van der Waals surface area contributed by atoms with Crippen molar-refractivity contribution in [2.75, 3.05) is 11.4 Å². The summed E-state index contributed by atoms with van der Waals surface area (Å²) in [6.45, 7) is 6.72. The zero-order chi connectivity index (χ0) is 24.2. The van der Waals surface area contributed by atoms with E-state index >= 15 is 0 Å². The van der Waals surface area contributed by atoms with Gasteiger partial charge in [-0.1, -0.05) is 13.8 Å². The summed E-state index contributed by atoms with van der Waals surface area (Å²) in [7, 11) is 0. The number of pyridine rings is 1. The highest BCUT2D eigenvalue weighted by Crippen LogP contribution is 2.38. The van der Waals surface area contributed by atoms with Gasteiger partial charge >= 0.3 is 0 Å². The van der Waals surface area contributed by atoms with E-state index in [4.69, 9.17) is 0 Å². The fraction of sp³-hybridized carbons (Fsp3) is 0.542. The summed E-state index contributed by atoms with van der Waals surface area (Å²) in [6, 6.07) is 1.35. The minimum atomic E-state index is -0.796. The van der Waals surface area contributed by atoms with Gasteiger partial charge < -0.3 is 10.2 Å². The van der Waals surface area contributed by atoms with Crippen molar-refractivity contribution in [2.24, 2.45) is 11.8 Å². The summed E-state index contributed by atoms with van der Waals surface area (Å²) in [5, 5.41) is 5.37. The number of thiazole rings is 1. The quantitative estimate of drug-likeness (QED) is 0.447. The maximum atomic E-state index is 12.8. The molecule has 0 radical (unpaired) electrons. The van der Waals surface area contributed by atoms with Crippen molar-refractivity contribution in [2.45, 2.75) is 65.0 Å². The summed E-state index contributed by atoms with van der Waals surface area (Å²) in [5.74, 6) is -0.410. The average molecular weight is 485 g/mol. The van der Waals surface area contributed by atoms with E-state index in [1.807, 2.05) is 13.8 Å². The van der Waals surface area contributed by atoms with Gasteiger partial charge in [-0.15, -0.1) is 11.3 Å². The Balaban J connectivity index is 1.34. The van der Waals surface area contributed by atoms with Gasteiger partial charge in [0.05, 0.1) is 0 Å². The van der Waals surface area contributed by atoms with Gasteiger partial charge in [-0.3, -0.25) is 30.2 Å². The fourth-order valence-electron chi connectivity index (χ4n) is 3.79. The van der Waals surface area contributed by atoms with Crippen molar-refractivity contribution in [3.8, 4) is 0 Å². The van der Waals surface area contributed by atoms with E-state index in [0.29, 0.717) is 18.0 Å². The lowest BCUT2D eigenvalue weighted by atomic mass is 10.0. The Hall–Kier alpha value is -3.01. The topological polar surface area (TPSA) is 116 Å². The predicted molar refractivity (Wildman–Crippen MR) is 130 cm³/mol. The van der Waals surface area contributed by atoms with Crippen LogP contribution in [0.5, 0.6) is 0 Å². The Labute approximate surface area is 203 Å². The highest BCUT2D eigenvalue weighted by molar-refractivity contribution is 7.14. The Morgan fingerprint density at radius 1 is 1.15 bits per heavy atom. The molecule has 0 unspecified atom stereocenters. The molecule has 1 atom stereocenters.